The third-order valence-corrected chi connectivity index (χ3v) is 4.89. The van der Waals surface area contributed by atoms with Crippen LogP contribution >= 0.6 is 11.6 Å². The molecule has 0 aliphatic heterocycles. The number of nitrogens with zero attached hydrogens (tertiary/aromatic N) is 2. The van der Waals surface area contributed by atoms with Crippen molar-refractivity contribution in [3.63, 3.8) is 0 Å². The van der Waals surface area contributed by atoms with Crippen LogP contribution in [0.1, 0.15) is 59.4 Å². The highest BCUT2D eigenvalue weighted by molar-refractivity contribution is 6.31. The fraction of sp³-hybridized carbons (Fsp3) is 0.824. The van der Waals surface area contributed by atoms with Crippen LogP contribution in [-0.2, 0) is 19.4 Å². The fourth-order valence-electron chi connectivity index (χ4n) is 2.66. The molecule has 4 heteroatoms. The van der Waals surface area contributed by atoms with Crippen LogP contribution in [0.4, 0.5) is 0 Å². The molecule has 1 aromatic heterocycles. The van der Waals surface area contributed by atoms with Gasteiger partial charge in [-0.1, -0.05) is 46.2 Å². The van der Waals surface area contributed by atoms with Gasteiger partial charge >= 0.3 is 0 Å². The number of aromatic nitrogens is 2. The van der Waals surface area contributed by atoms with E-state index < -0.39 is 0 Å². The first-order chi connectivity index (χ1) is 9.96. The van der Waals surface area contributed by atoms with Gasteiger partial charge in [-0.25, -0.2) is 0 Å². The van der Waals surface area contributed by atoms with E-state index >= 15 is 0 Å². The molecule has 0 aliphatic carbocycles. The zero-order valence-corrected chi connectivity index (χ0v) is 15.3. The van der Waals surface area contributed by atoms with Crippen molar-refractivity contribution in [2.45, 2.75) is 73.4 Å². The summed E-state index contributed by atoms with van der Waals surface area (Å²) in [6, 6.07) is 0.453. The van der Waals surface area contributed by atoms with Crippen LogP contribution in [0.3, 0.4) is 0 Å². The molecule has 1 heterocycles. The SMILES string of the molecule is CCCNC(Cc1c(Cl)c(CC)nn1CC)C(C)C(C)C. The molecule has 0 saturated heterocycles. The molecule has 0 amide bonds. The molecule has 0 aromatic carbocycles. The molecule has 0 bridgehead atoms. The highest BCUT2D eigenvalue weighted by atomic mass is 35.5. The molecule has 0 spiro atoms. The molecule has 3 nitrogen and oxygen atoms in total. The van der Waals surface area contributed by atoms with E-state index in [2.05, 4.69) is 56.6 Å². The summed E-state index contributed by atoms with van der Waals surface area (Å²) in [6.45, 7) is 15.3. The monoisotopic (exact) mass is 313 g/mol. The van der Waals surface area contributed by atoms with Crippen molar-refractivity contribution in [1.82, 2.24) is 15.1 Å². The Bertz CT molecular complexity index is 426. The summed E-state index contributed by atoms with van der Waals surface area (Å²) in [4.78, 5) is 0. The third kappa shape index (κ3) is 4.72. The van der Waals surface area contributed by atoms with Crippen LogP contribution in [0.2, 0.25) is 5.02 Å². The number of rotatable bonds is 9. The zero-order chi connectivity index (χ0) is 16.0. The molecule has 122 valence electrons. The first-order valence-corrected chi connectivity index (χ1v) is 8.81. The van der Waals surface area contributed by atoms with Crippen LogP contribution in [0.15, 0.2) is 0 Å². The summed E-state index contributed by atoms with van der Waals surface area (Å²) in [6.07, 6.45) is 3.01. The maximum absolute atomic E-state index is 6.56. The van der Waals surface area contributed by atoms with Crippen LogP contribution in [0.5, 0.6) is 0 Å². The van der Waals surface area contributed by atoms with Gasteiger partial charge in [0.25, 0.3) is 0 Å². The largest absolute Gasteiger partial charge is 0.313 e. The Labute approximate surface area is 135 Å². The first-order valence-electron chi connectivity index (χ1n) is 8.43. The minimum Gasteiger partial charge on any atom is -0.313 e. The van der Waals surface area contributed by atoms with Crippen LogP contribution in [-0.4, -0.2) is 22.4 Å². The molecule has 2 unspecified atom stereocenters. The van der Waals surface area contributed by atoms with E-state index in [9.17, 15) is 0 Å². The Morgan fingerprint density at radius 1 is 1.19 bits per heavy atom. The molecule has 1 rings (SSSR count). The van der Waals surface area contributed by atoms with E-state index in [4.69, 9.17) is 11.6 Å². The number of aryl methyl sites for hydroxylation is 2. The molecule has 0 fully saturated rings. The number of hydrogen-bond acceptors (Lipinski definition) is 2. The summed E-state index contributed by atoms with van der Waals surface area (Å²) in [5.74, 6) is 1.26. The Kier molecular flexibility index (Phi) is 7.75. The van der Waals surface area contributed by atoms with Gasteiger partial charge in [0.05, 0.1) is 16.4 Å². The highest BCUT2D eigenvalue weighted by Gasteiger charge is 2.24. The van der Waals surface area contributed by atoms with E-state index in [-0.39, 0.29) is 0 Å². The molecule has 21 heavy (non-hydrogen) atoms. The first kappa shape index (κ1) is 18.5. The molecule has 1 N–H and O–H groups in total. The number of halogens is 1. The second-order valence-electron chi connectivity index (χ2n) is 6.24. The van der Waals surface area contributed by atoms with Crippen molar-refractivity contribution in [3.8, 4) is 0 Å². The van der Waals surface area contributed by atoms with Gasteiger partial charge in [0, 0.05) is 19.0 Å². The van der Waals surface area contributed by atoms with Gasteiger partial charge in [-0.15, -0.1) is 0 Å². The Balaban J connectivity index is 2.99. The van der Waals surface area contributed by atoms with Crippen molar-refractivity contribution >= 4 is 11.6 Å². The van der Waals surface area contributed by atoms with Crippen molar-refractivity contribution < 1.29 is 0 Å². The summed E-state index contributed by atoms with van der Waals surface area (Å²) in [5, 5.41) is 9.22. The van der Waals surface area contributed by atoms with E-state index in [0.29, 0.717) is 17.9 Å². The molecule has 0 saturated carbocycles. The van der Waals surface area contributed by atoms with Gasteiger partial charge in [0.2, 0.25) is 0 Å². The Morgan fingerprint density at radius 3 is 2.33 bits per heavy atom. The van der Waals surface area contributed by atoms with Gasteiger partial charge in [0.1, 0.15) is 0 Å². The lowest BCUT2D eigenvalue weighted by Gasteiger charge is -2.28. The lowest BCUT2D eigenvalue weighted by atomic mass is 9.87. The second-order valence-corrected chi connectivity index (χ2v) is 6.62. The minimum atomic E-state index is 0.453. The van der Waals surface area contributed by atoms with Gasteiger partial charge < -0.3 is 5.32 Å². The highest BCUT2D eigenvalue weighted by Crippen LogP contribution is 2.26. The lowest BCUT2D eigenvalue weighted by Crippen LogP contribution is -2.40. The molecule has 0 radical (unpaired) electrons. The quantitative estimate of drug-likeness (QED) is 0.735. The van der Waals surface area contributed by atoms with Crippen molar-refractivity contribution in [2.75, 3.05) is 6.54 Å². The van der Waals surface area contributed by atoms with Gasteiger partial charge in [-0.05, 0) is 38.1 Å². The van der Waals surface area contributed by atoms with E-state index in [0.717, 1.165) is 43.1 Å². The molecule has 1 aromatic rings. The van der Waals surface area contributed by atoms with Crippen molar-refractivity contribution in [2.24, 2.45) is 11.8 Å². The van der Waals surface area contributed by atoms with Crippen LogP contribution < -0.4 is 5.32 Å². The van der Waals surface area contributed by atoms with E-state index in [1.54, 1.807) is 0 Å². The molecule has 2 atom stereocenters. The Morgan fingerprint density at radius 2 is 1.86 bits per heavy atom. The maximum Gasteiger partial charge on any atom is 0.0850 e. The minimum absolute atomic E-state index is 0.453. The van der Waals surface area contributed by atoms with Crippen molar-refractivity contribution in [3.05, 3.63) is 16.4 Å². The maximum atomic E-state index is 6.56. The summed E-state index contributed by atoms with van der Waals surface area (Å²) in [7, 11) is 0. The van der Waals surface area contributed by atoms with Crippen LogP contribution in [0, 0.1) is 11.8 Å². The topological polar surface area (TPSA) is 29.9 Å². The lowest BCUT2D eigenvalue weighted by molar-refractivity contribution is 0.293. The van der Waals surface area contributed by atoms with Crippen molar-refractivity contribution in [1.29, 1.82) is 0 Å². The summed E-state index contributed by atoms with van der Waals surface area (Å²) < 4.78 is 2.08. The van der Waals surface area contributed by atoms with E-state index in [1.807, 2.05) is 0 Å². The normalized spacial score (nSPS) is 14.7. The Hall–Kier alpha value is -0.540. The summed E-state index contributed by atoms with van der Waals surface area (Å²) in [5.41, 5.74) is 2.22. The molecule has 0 aliphatic rings. The number of nitrogens with one attached hydrogen (secondary N) is 1. The van der Waals surface area contributed by atoms with Crippen LogP contribution in [0.25, 0.3) is 0 Å². The number of hydrogen-bond donors (Lipinski definition) is 1. The molecular weight excluding hydrogens is 282 g/mol. The average molecular weight is 314 g/mol. The fourth-order valence-corrected chi connectivity index (χ4v) is 3.01. The summed E-state index contributed by atoms with van der Waals surface area (Å²) >= 11 is 6.56. The predicted octanol–water partition coefficient (Wildman–Crippen LogP) is 4.32. The van der Waals surface area contributed by atoms with Gasteiger partial charge in [-0.2, -0.15) is 5.10 Å². The average Bonchev–Trinajstić information content (AvgIpc) is 2.78. The van der Waals surface area contributed by atoms with Gasteiger partial charge in [-0.3, -0.25) is 4.68 Å². The second kappa shape index (κ2) is 8.79. The molecular formula is C17H32ClN3. The van der Waals surface area contributed by atoms with E-state index in [1.165, 1.54) is 5.69 Å². The third-order valence-electron chi connectivity index (χ3n) is 4.45. The smallest absolute Gasteiger partial charge is 0.0850 e. The predicted molar refractivity (Wildman–Crippen MR) is 92.1 cm³/mol. The zero-order valence-electron chi connectivity index (χ0n) is 14.5. The standard InChI is InChI=1S/C17H32ClN3/c1-7-10-19-15(13(6)12(4)5)11-16-17(18)14(8-2)20-21(16)9-3/h12-13,15,19H,7-11H2,1-6H3. The van der Waals surface area contributed by atoms with Gasteiger partial charge in [0.15, 0.2) is 0 Å².